The van der Waals surface area contributed by atoms with Crippen LogP contribution in [0.1, 0.15) is 35.4 Å². The molecule has 1 fully saturated rings. The van der Waals surface area contributed by atoms with Crippen LogP contribution in [0.4, 0.5) is 11.5 Å². The van der Waals surface area contributed by atoms with Crippen molar-refractivity contribution in [3.05, 3.63) is 41.9 Å². The Kier molecular flexibility index (Phi) is 4.97. The minimum atomic E-state index is -3.79. The van der Waals surface area contributed by atoms with Crippen LogP contribution in [-0.4, -0.2) is 37.4 Å². The molecule has 152 valence electrons. The van der Waals surface area contributed by atoms with Crippen LogP contribution in [0.5, 0.6) is 0 Å². The molecule has 3 aromatic rings. The zero-order chi connectivity index (χ0) is 20.6. The van der Waals surface area contributed by atoms with Crippen molar-refractivity contribution in [1.29, 1.82) is 0 Å². The normalized spacial score (nSPS) is 14.9. The number of anilines is 2. The lowest BCUT2D eigenvalue weighted by Gasteiger charge is -2.28. The fourth-order valence-electron chi connectivity index (χ4n) is 3.57. The molecule has 1 saturated heterocycles. The molecule has 0 spiro atoms. The number of carbonyl (C=O) groups excluding carboxylic acids is 1. The van der Waals surface area contributed by atoms with E-state index in [0.29, 0.717) is 33.9 Å². The Bertz CT molecular complexity index is 1170. The van der Waals surface area contributed by atoms with Crippen LogP contribution in [0.15, 0.2) is 39.9 Å². The van der Waals surface area contributed by atoms with Gasteiger partial charge in [-0.25, -0.2) is 23.5 Å². The summed E-state index contributed by atoms with van der Waals surface area (Å²) < 4.78 is 28.5. The number of aryl methyl sites for hydroxylation is 1. The fraction of sp³-hybridized carbons (Fsp3) is 0.316. The molecule has 0 radical (unpaired) electrons. The monoisotopic (exact) mass is 415 g/mol. The number of nitrogens with zero attached hydrogens (tertiary/aromatic N) is 3. The molecule has 10 heteroatoms. The molecular weight excluding hydrogens is 394 g/mol. The zero-order valence-electron chi connectivity index (χ0n) is 15.9. The molecule has 0 aliphatic carbocycles. The van der Waals surface area contributed by atoms with E-state index in [2.05, 4.69) is 20.2 Å². The Hall–Kier alpha value is -2.98. The highest BCUT2D eigenvalue weighted by molar-refractivity contribution is 7.89. The summed E-state index contributed by atoms with van der Waals surface area (Å²) in [5, 5.41) is 8.47. The number of carbonyl (C=O) groups is 1. The number of hydrogen-bond donors (Lipinski definition) is 2. The van der Waals surface area contributed by atoms with E-state index in [9.17, 15) is 13.2 Å². The van der Waals surface area contributed by atoms with Gasteiger partial charge in [-0.1, -0.05) is 0 Å². The molecule has 0 bridgehead atoms. The van der Waals surface area contributed by atoms with Crippen molar-refractivity contribution in [2.24, 2.45) is 5.14 Å². The number of benzene rings is 1. The standard InChI is InChI=1S/C19H21N5O4S/c1-12-15(18(25)23-13-5-7-14(8-6-13)29(20,26)27)16-17(21-11-22-19(16)28-12)24-9-3-2-4-10-24/h5-8,11H,2-4,9-10H2,1H3,(H,23,25)(H2,20,26,27). The topological polar surface area (TPSA) is 131 Å². The highest BCUT2D eigenvalue weighted by atomic mass is 32.2. The number of aromatic nitrogens is 2. The van der Waals surface area contributed by atoms with E-state index in [1.807, 2.05) is 0 Å². The van der Waals surface area contributed by atoms with Crippen molar-refractivity contribution in [3.63, 3.8) is 0 Å². The Labute approximate surface area is 168 Å². The lowest BCUT2D eigenvalue weighted by Crippen LogP contribution is -2.30. The van der Waals surface area contributed by atoms with E-state index in [4.69, 9.17) is 9.56 Å². The van der Waals surface area contributed by atoms with Crippen molar-refractivity contribution in [2.75, 3.05) is 23.3 Å². The lowest BCUT2D eigenvalue weighted by atomic mass is 10.1. The fourth-order valence-corrected chi connectivity index (χ4v) is 4.08. The van der Waals surface area contributed by atoms with Gasteiger partial charge in [0.2, 0.25) is 15.7 Å². The number of primary sulfonamides is 1. The predicted molar refractivity (Wildman–Crippen MR) is 108 cm³/mol. The van der Waals surface area contributed by atoms with Crippen molar-refractivity contribution in [3.8, 4) is 0 Å². The maximum atomic E-state index is 13.0. The van der Waals surface area contributed by atoms with Gasteiger partial charge in [0.05, 0.1) is 15.8 Å². The number of amides is 1. The van der Waals surface area contributed by atoms with Gasteiger partial charge in [-0.15, -0.1) is 0 Å². The van der Waals surface area contributed by atoms with Crippen LogP contribution in [-0.2, 0) is 10.0 Å². The van der Waals surface area contributed by atoms with E-state index < -0.39 is 10.0 Å². The molecule has 1 aromatic carbocycles. The molecule has 1 aliphatic rings. The molecule has 3 N–H and O–H groups in total. The van der Waals surface area contributed by atoms with Gasteiger partial charge in [-0.2, -0.15) is 0 Å². The largest absolute Gasteiger partial charge is 0.442 e. The summed E-state index contributed by atoms with van der Waals surface area (Å²) in [6.45, 7) is 3.44. The molecule has 3 heterocycles. The maximum Gasteiger partial charge on any atom is 0.260 e. The molecule has 9 nitrogen and oxygen atoms in total. The summed E-state index contributed by atoms with van der Waals surface area (Å²) in [4.78, 5) is 23.8. The van der Waals surface area contributed by atoms with Gasteiger partial charge < -0.3 is 14.6 Å². The third-order valence-corrected chi connectivity index (χ3v) is 5.90. The SMILES string of the molecule is Cc1oc2ncnc(N3CCCCC3)c2c1C(=O)Nc1ccc(S(N)(=O)=O)cc1. The minimum Gasteiger partial charge on any atom is -0.442 e. The molecule has 0 atom stereocenters. The zero-order valence-corrected chi connectivity index (χ0v) is 16.7. The average Bonchev–Trinajstić information content (AvgIpc) is 3.04. The smallest absolute Gasteiger partial charge is 0.260 e. The van der Waals surface area contributed by atoms with Crippen molar-refractivity contribution >= 4 is 38.5 Å². The Morgan fingerprint density at radius 1 is 1.14 bits per heavy atom. The maximum absolute atomic E-state index is 13.0. The number of rotatable bonds is 4. The van der Waals surface area contributed by atoms with Crippen molar-refractivity contribution in [2.45, 2.75) is 31.1 Å². The first kappa shape index (κ1) is 19.3. The Morgan fingerprint density at radius 2 is 1.83 bits per heavy atom. The van der Waals surface area contributed by atoms with Gasteiger partial charge in [0.15, 0.2) is 0 Å². The molecule has 4 rings (SSSR count). The number of piperidine rings is 1. The number of nitrogens with two attached hydrogens (primary N) is 1. The first-order valence-corrected chi connectivity index (χ1v) is 10.8. The van der Waals surface area contributed by atoms with Gasteiger partial charge in [-0.3, -0.25) is 4.79 Å². The first-order chi connectivity index (χ1) is 13.8. The molecule has 2 aromatic heterocycles. The van der Waals surface area contributed by atoms with Gasteiger partial charge in [0, 0.05) is 18.8 Å². The Morgan fingerprint density at radius 3 is 2.48 bits per heavy atom. The van der Waals surface area contributed by atoms with Gasteiger partial charge in [-0.05, 0) is 50.5 Å². The number of sulfonamides is 1. The molecular formula is C19H21N5O4S. The summed E-state index contributed by atoms with van der Waals surface area (Å²) in [6, 6.07) is 5.65. The quantitative estimate of drug-likeness (QED) is 0.669. The number of nitrogens with one attached hydrogen (secondary N) is 1. The molecule has 1 amide bonds. The lowest BCUT2D eigenvalue weighted by molar-refractivity contribution is 0.102. The highest BCUT2D eigenvalue weighted by Crippen LogP contribution is 2.33. The molecule has 29 heavy (non-hydrogen) atoms. The summed E-state index contributed by atoms with van der Waals surface area (Å²) >= 11 is 0. The Balaban J connectivity index is 1.69. The van der Waals surface area contributed by atoms with E-state index in [1.54, 1.807) is 6.92 Å². The van der Waals surface area contributed by atoms with Crippen LogP contribution in [0.25, 0.3) is 11.1 Å². The molecule has 0 saturated carbocycles. The van der Waals surface area contributed by atoms with Crippen LogP contribution in [0.3, 0.4) is 0 Å². The van der Waals surface area contributed by atoms with Crippen LogP contribution in [0.2, 0.25) is 0 Å². The second kappa shape index (κ2) is 7.45. The second-order valence-corrected chi connectivity index (χ2v) is 8.54. The van der Waals surface area contributed by atoms with Crippen molar-refractivity contribution < 1.29 is 17.6 Å². The van der Waals surface area contributed by atoms with E-state index in [1.165, 1.54) is 37.0 Å². The number of fused-ring (bicyclic) bond motifs is 1. The summed E-state index contributed by atoms with van der Waals surface area (Å²) in [6.07, 6.45) is 4.76. The summed E-state index contributed by atoms with van der Waals surface area (Å²) in [5.74, 6) is 0.761. The minimum absolute atomic E-state index is 0.0266. The predicted octanol–water partition coefficient (Wildman–Crippen LogP) is 2.42. The van der Waals surface area contributed by atoms with Crippen LogP contribution in [0, 0.1) is 6.92 Å². The van der Waals surface area contributed by atoms with E-state index in [0.717, 1.165) is 25.9 Å². The second-order valence-electron chi connectivity index (χ2n) is 6.98. The first-order valence-electron chi connectivity index (χ1n) is 9.28. The van der Waals surface area contributed by atoms with Gasteiger partial charge >= 0.3 is 0 Å². The molecule has 1 aliphatic heterocycles. The third kappa shape index (κ3) is 3.81. The van der Waals surface area contributed by atoms with E-state index >= 15 is 0 Å². The molecule has 0 unspecified atom stereocenters. The number of furan rings is 1. The summed E-state index contributed by atoms with van der Waals surface area (Å²) in [7, 11) is -3.79. The van der Waals surface area contributed by atoms with Gasteiger partial charge in [0.25, 0.3) is 5.91 Å². The van der Waals surface area contributed by atoms with Crippen LogP contribution >= 0.6 is 0 Å². The van der Waals surface area contributed by atoms with E-state index in [-0.39, 0.29) is 10.8 Å². The third-order valence-electron chi connectivity index (χ3n) is 4.97. The average molecular weight is 415 g/mol. The summed E-state index contributed by atoms with van der Waals surface area (Å²) in [5.41, 5.74) is 1.18. The van der Waals surface area contributed by atoms with Gasteiger partial charge in [0.1, 0.15) is 17.9 Å². The number of hydrogen-bond acceptors (Lipinski definition) is 7. The van der Waals surface area contributed by atoms with Crippen LogP contribution < -0.4 is 15.4 Å². The van der Waals surface area contributed by atoms with Crippen molar-refractivity contribution in [1.82, 2.24) is 9.97 Å². The highest BCUT2D eigenvalue weighted by Gasteiger charge is 2.26.